The van der Waals surface area contributed by atoms with Gasteiger partial charge in [-0.2, -0.15) is 0 Å². The average Bonchev–Trinajstić information content (AvgIpc) is 2.78. The van der Waals surface area contributed by atoms with Crippen LogP contribution in [0.1, 0.15) is 58.8 Å². The summed E-state index contributed by atoms with van der Waals surface area (Å²) >= 11 is 0. The molecule has 0 spiro atoms. The van der Waals surface area contributed by atoms with Gasteiger partial charge in [0, 0.05) is 6.04 Å². The van der Waals surface area contributed by atoms with Gasteiger partial charge in [-0.05, 0) is 58.3 Å². The maximum absolute atomic E-state index is 3.72. The van der Waals surface area contributed by atoms with Crippen molar-refractivity contribution < 1.29 is 0 Å². The maximum Gasteiger partial charge on any atom is 0.00668 e. The van der Waals surface area contributed by atoms with E-state index in [1.165, 1.54) is 71.1 Å². The van der Waals surface area contributed by atoms with Crippen LogP contribution in [0.15, 0.2) is 0 Å². The fourth-order valence-electron chi connectivity index (χ4n) is 2.66. The number of nitrogens with zero attached hydrogens (tertiary/aromatic N) is 1. The molecule has 0 unspecified atom stereocenters. The zero-order valence-electron chi connectivity index (χ0n) is 11.3. The topological polar surface area (TPSA) is 15.3 Å². The Bertz CT molecular complexity index is 147. The predicted molar refractivity (Wildman–Crippen MR) is 71.9 cm³/mol. The molecule has 1 aliphatic rings. The van der Waals surface area contributed by atoms with Gasteiger partial charge in [-0.1, -0.05) is 26.7 Å². The minimum atomic E-state index is 0.772. The highest BCUT2D eigenvalue weighted by Crippen LogP contribution is 2.08. The van der Waals surface area contributed by atoms with Crippen LogP contribution in [0.4, 0.5) is 0 Å². The van der Waals surface area contributed by atoms with Crippen LogP contribution < -0.4 is 5.32 Å². The van der Waals surface area contributed by atoms with Gasteiger partial charge < -0.3 is 10.2 Å². The molecule has 1 heterocycles. The highest BCUT2D eigenvalue weighted by Gasteiger charge is 2.10. The minimum absolute atomic E-state index is 0.772. The second kappa shape index (κ2) is 9.00. The molecule has 2 nitrogen and oxygen atoms in total. The largest absolute Gasteiger partial charge is 0.314 e. The number of hydrogen-bond acceptors (Lipinski definition) is 2. The molecule has 0 saturated carbocycles. The number of rotatable bonds is 9. The summed E-state index contributed by atoms with van der Waals surface area (Å²) in [5.41, 5.74) is 0. The first-order valence-corrected chi connectivity index (χ1v) is 7.32. The monoisotopic (exact) mass is 226 g/mol. The van der Waals surface area contributed by atoms with E-state index in [9.17, 15) is 0 Å². The van der Waals surface area contributed by atoms with Crippen molar-refractivity contribution in [2.24, 2.45) is 0 Å². The third-order valence-corrected chi connectivity index (χ3v) is 3.56. The van der Waals surface area contributed by atoms with Crippen molar-refractivity contribution >= 4 is 0 Å². The zero-order valence-corrected chi connectivity index (χ0v) is 11.3. The summed E-state index contributed by atoms with van der Waals surface area (Å²) in [6, 6.07) is 0.772. The first-order chi connectivity index (χ1) is 7.86. The SMILES string of the molecule is CCCC(CCC)NCCCN1CCCC1. The fraction of sp³-hybridized carbons (Fsp3) is 1.00. The van der Waals surface area contributed by atoms with Crippen molar-refractivity contribution in [1.82, 2.24) is 10.2 Å². The van der Waals surface area contributed by atoms with Crippen LogP contribution in [0.3, 0.4) is 0 Å². The van der Waals surface area contributed by atoms with Crippen molar-refractivity contribution in [3.63, 3.8) is 0 Å². The Morgan fingerprint density at radius 2 is 1.69 bits per heavy atom. The van der Waals surface area contributed by atoms with E-state index in [2.05, 4.69) is 24.1 Å². The average molecular weight is 226 g/mol. The van der Waals surface area contributed by atoms with Crippen LogP contribution >= 0.6 is 0 Å². The third kappa shape index (κ3) is 5.86. The Morgan fingerprint density at radius 3 is 2.25 bits per heavy atom. The van der Waals surface area contributed by atoms with Crippen molar-refractivity contribution in [2.75, 3.05) is 26.2 Å². The quantitative estimate of drug-likeness (QED) is 0.608. The predicted octanol–water partition coefficient (Wildman–Crippen LogP) is 3.03. The molecule has 16 heavy (non-hydrogen) atoms. The lowest BCUT2D eigenvalue weighted by atomic mass is 10.1. The van der Waals surface area contributed by atoms with E-state index in [4.69, 9.17) is 0 Å². The molecule has 1 rings (SSSR count). The molecule has 1 saturated heterocycles. The van der Waals surface area contributed by atoms with Gasteiger partial charge in [0.15, 0.2) is 0 Å². The van der Waals surface area contributed by atoms with Gasteiger partial charge in [-0.25, -0.2) is 0 Å². The lowest BCUT2D eigenvalue weighted by molar-refractivity contribution is 0.324. The Kier molecular flexibility index (Phi) is 7.87. The summed E-state index contributed by atoms with van der Waals surface area (Å²) in [6.45, 7) is 9.77. The van der Waals surface area contributed by atoms with E-state index < -0.39 is 0 Å². The lowest BCUT2D eigenvalue weighted by Crippen LogP contribution is -2.32. The molecule has 1 N–H and O–H groups in total. The maximum atomic E-state index is 3.72. The summed E-state index contributed by atoms with van der Waals surface area (Å²) in [7, 11) is 0. The van der Waals surface area contributed by atoms with Gasteiger partial charge in [-0.15, -0.1) is 0 Å². The molecule has 0 aliphatic carbocycles. The van der Waals surface area contributed by atoms with Gasteiger partial charge in [-0.3, -0.25) is 0 Å². The summed E-state index contributed by atoms with van der Waals surface area (Å²) in [5, 5.41) is 3.72. The Balaban J connectivity index is 1.98. The lowest BCUT2D eigenvalue weighted by Gasteiger charge is -2.19. The minimum Gasteiger partial charge on any atom is -0.314 e. The van der Waals surface area contributed by atoms with Crippen LogP contribution in [0.2, 0.25) is 0 Å². The third-order valence-electron chi connectivity index (χ3n) is 3.56. The summed E-state index contributed by atoms with van der Waals surface area (Å²) in [5.74, 6) is 0. The van der Waals surface area contributed by atoms with Crippen molar-refractivity contribution in [1.29, 1.82) is 0 Å². The van der Waals surface area contributed by atoms with Crippen LogP contribution in [0, 0.1) is 0 Å². The highest BCUT2D eigenvalue weighted by atomic mass is 15.1. The van der Waals surface area contributed by atoms with Crippen molar-refractivity contribution in [3.8, 4) is 0 Å². The molecule has 0 radical (unpaired) electrons. The second-order valence-corrected chi connectivity index (χ2v) is 5.13. The van der Waals surface area contributed by atoms with E-state index in [-0.39, 0.29) is 0 Å². The van der Waals surface area contributed by atoms with Gasteiger partial charge in [0.05, 0.1) is 0 Å². The van der Waals surface area contributed by atoms with E-state index in [0.29, 0.717) is 0 Å². The molecule has 1 fully saturated rings. The molecular weight excluding hydrogens is 196 g/mol. The van der Waals surface area contributed by atoms with Gasteiger partial charge in [0.2, 0.25) is 0 Å². The number of likely N-dealkylation sites (tertiary alicyclic amines) is 1. The molecular formula is C14H30N2. The normalized spacial score (nSPS) is 17.4. The van der Waals surface area contributed by atoms with Crippen LogP contribution in [0.25, 0.3) is 0 Å². The van der Waals surface area contributed by atoms with E-state index in [0.717, 1.165) is 6.04 Å². The van der Waals surface area contributed by atoms with E-state index in [1.54, 1.807) is 0 Å². The first kappa shape index (κ1) is 14.0. The van der Waals surface area contributed by atoms with Crippen LogP contribution in [-0.2, 0) is 0 Å². The van der Waals surface area contributed by atoms with Gasteiger partial charge in [0.25, 0.3) is 0 Å². The molecule has 0 aromatic rings. The summed E-state index contributed by atoms with van der Waals surface area (Å²) in [6.07, 6.45) is 9.47. The van der Waals surface area contributed by atoms with Gasteiger partial charge >= 0.3 is 0 Å². The fourth-order valence-corrected chi connectivity index (χ4v) is 2.66. The molecule has 0 bridgehead atoms. The Labute approximate surface area is 102 Å². The summed E-state index contributed by atoms with van der Waals surface area (Å²) < 4.78 is 0. The highest BCUT2D eigenvalue weighted by molar-refractivity contribution is 4.69. The Hall–Kier alpha value is -0.0800. The zero-order chi connectivity index (χ0) is 11.6. The van der Waals surface area contributed by atoms with Crippen molar-refractivity contribution in [3.05, 3.63) is 0 Å². The smallest absolute Gasteiger partial charge is 0.00668 e. The number of nitrogens with one attached hydrogen (secondary N) is 1. The van der Waals surface area contributed by atoms with Crippen LogP contribution in [-0.4, -0.2) is 37.1 Å². The number of hydrogen-bond donors (Lipinski definition) is 1. The van der Waals surface area contributed by atoms with Crippen molar-refractivity contribution in [2.45, 2.75) is 64.8 Å². The summed E-state index contributed by atoms with van der Waals surface area (Å²) in [4.78, 5) is 2.61. The molecule has 0 aromatic heterocycles. The molecule has 2 heteroatoms. The van der Waals surface area contributed by atoms with Gasteiger partial charge in [0.1, 0.15) is 0 Å². The Morgan fingerprint density at radius 1 is 1.06 bits per heavy atom. The van der Waals surface area contributed by atoms with Crippen LogP contribution in [0.5, 0.6) is 0 Å². The van der Waals surface area contributed by atoms with E-state index in [1.807, 2.05) is 0 Å². The molecule has 0 amide bonds. The molecule has 0 aromatic carbocycles. The molecule has 96 valence electrons. The van der Waals surface area contributed by atoms with E-state index >= 15 is 0 Å². The standard InChI is InChI=1S/C14H30N2/c1-3-8-14(9-4-2)15-10-7-13-16-11-5-6-12-16/h14-15H,3-13H2,1-2H3. The first-order valence-electron chi connectivity index (χ1n) is 7.32. The molecule has 1 aliphatic heterocycles. The second-order valence-electron chi connectivity index (χ2n) is 5.13. The molecule has 0 atom stereocenters.